The number of hydrogen-bond acceptors (Lipinski definition) is 7. The molecule has 0 fully saturated rings. The van der Waals surface area contributed by atoms with Crippen LogP contribution in [0.25, 0.3) is 0 Å². The summed E-state index contributed by atoms with van der Waals surface area (Å²) >= 11 is 0. The number of nitrogens with one attached hydrogen (secondary N) is 2. The molecule has 0 unspecified atom stereocenters. The topological polar surface area (TPSA) is 105 Å². The van der Waals surface area contributed by atoms with Gasteiger partial charge in [-0.15, -0.1) is 0 Å². The molecule has 0 aliphatic rings. The molecule has 0 aromatic carbocycles. The number of aryl methyl sites for hydroxylation is 1. The molecule has 0 saturated heterocycles. The fraction of sp³-hybridized carbons (Fsp3) is 0.556. The summed E-state index contributed by atoms with van der Waals surface area (Å²) in [6, 6.07) is 1.81. The lowest BCUT2D eigenvalue weighted by atomic mass is 10.4. The van der Waals surface area contributed by atoms with Crippen molar-refractivity contribution in [2.24, 2.45) is 5.84 Å². The second-order valence-corrected chi connectivity index (χ2v) is 3.13. The Morgan fingerprint density at radius 1 is 1.44 bits per heavy atom. The van der Waals surface area contributed by atoms with Gasteiger partial charge in [-0.05, 0) is 6.92 Å². The van der Waals surface area contributed by atoms with Crippen LogP contribution in [0.15, 0.2) is 6.07 Å². The summed E-state index contributed by atoms with van der Waals surface area (Å²) in [5.41, 5.74) is 3.21. The van der Waals surface area contributed by atoms with Crippen molar-refractivity contribution in [2.75, 3.05) is 37.1 Å². The standard InChI is InChI=1S/C9H17N5O2/c1-7-6-8(13-9(12-7)14-10)11-2-4-16-5-3-15/h6,15H,2-5,10H2,1H3,(H2,11,12,13,14). The van der Waals surface area contributed by atoms with Gasteiger partial charge in [0, 0.05) is 18.3 Å². The molecule has 0 atom stereocenters. The fourth-order valence-electron chi connectivity index (χ4n) is 1.14. The van der Waals surface area contributed by atoms with E-state index in [9.17, 15) is 0 Å². The lowest BCUT2D eigenvalue weighted by molar-refractivity contribution is 0.0992. The zero-order valence-electron chi connectivity index (χ0n) is 9.23. The predicted molar refractivity (Wildman–Crippen MR) is 61.0 cm³/mol. The van der Waals surface area contributed by atoms with E-state index in [-0.39, 0.29) is 6.61 Å². The number of aliphatic hydroxyl groups excluding tert-OH is 1. The second kappa shape index (κ2) is 6.94. The lowest BCUT2D eigenvalue weighted by Crippen LogP contribution is -2.15. The fourth-order valence-corrected chi connectivity index (χ4v) is 1.14. The Kier molecular flexibility index (Phi) is 5.48. The van der Waals surface area contributed by atoms with E-state index in [1.807, 2.05) is 13.0 Å². The summed E-state index contributed by atoms with van der Waals surface area (Å²) in [4.78, 5) is 8.17. The van der Waals surface area contributed by atoms with Crippen LogP contribution in [0.4, 0.5) is 11.8 Å². The molecule has 7 heteroatoms. The quantitative estimate of drug-likeness (QED) is 0.282. The van der Waals surface area contributed by atoms with Crippen molar-refractivity contribution >= 4 is 11.8 Å². The lowest BCUT2D eigenvalue weighted by Gasteiger charge is -2.08. The molecule has 0 saturated carbocycles. The molecule has 1 aromatic rings. The van der Waals surface area contributed by atoms with Gasteiger partial charge in [-0.2, -0.15) is 4.98 Å². The molecule has 0 amide bonds. The average molecular weight is 227 g/mol. The molecule has 0 spiro atoms. The number of aromatic nitrogens is 2. The molecule has 1 aromatic heterocycles. The Balaban J connectivity index is 2.38. The highest BCUT2D eigenvalue weighted by molar-refractivity contribution is 5.41. The first-order valence-corrected chi connectivity index (χ1v) is 5.01. The minimum Gasteiger partial charge on any atom is -0.394 e. The first kappa shape index (κ1) is 12.6. The van der Waals surface area contributed by atoms with E-state index in [0.29, 0.717) is 31.5 Å². The molecule has 0 aliphatic carbocycles. The van der Waals surface area contributed by atoms with Crippen LogP contribution in [-0.4, -0.2) is 41.4 Å². The molecule has 0 bridgehead atoms. The highest BCUT2D eigenvalue weighted by atomic mass is 16.5. The molecule has 1 heterocycles. The number of rotatable bonds is 7. The normalized spacial score (nSPS) is 10.2. The van der Waals surface area contributed by atoms with Crippen molar-refractivity contribution in [1.29, 1.82) is 0 Å². The number of nitrogen functional groups attached to an aromatic ring is 1. The molecule has 5 N–H and O–H groups in total. The van der Waals surface area contributed by atoms with Gasteiger partial charge in [-0.25, -0.2) is 10.8 Å². The molecular weight excluding hydrogens is 210 g/mol. The van der Waals surface area contributed by atoms with Gasteiger partial charge < -0.3 is 15.2 Å². The number of ether oxygens (including phenoxy) is 1. The molecule has 90 valence electrons. The third-order valence-corrected chi connectivity index (χ3v) is 1.77. The summed E-state index contributed by atoms with van der Waals surface area (Å²) < 4.78 is 5.10. The largest absolute Gasteiger partial charge is 0.394 e. The van der Waals surface area contributed by atoms with Gasteiger partial charge in [0.1, 0.15) is 5.82 Å². The first-order valence-electron chi connectivity index (χ1n) is 5.01. The van der Waals surface area contributed by atoms with Crippen molar-refractivity contribution in [1.82, 2.24) is 9.97 Å². The van der Waals surface area contributed by atoms with Gasteiger partial charge in [0.2, 0.25) is 5.95 Å². The Hall–Kier alpha value is -1.44. The van der Waals surface area contributed by atoms with Gasteiger partial charge >= 0.3 is 0 Å². The Labute approximate surface area is 94.0 Å². The monoisotopic (exact) mass is 227 g/mol. The average Bonchev–Trinajstić information content (AvgIpc) is 2.28. The maximum Gasteiger partial charge on any atom is 0.239 e. The second-order valence-electron chi connectivity index (χ2n) is 3.13. The van der Waals surface area contributed by atoms with Crippen molar-refractivity contribution in [3.05, 3.63) is 11.8 Å². The number of anilines is 2. The van der Waals surface area contributed by atoms with Crippen molar-refractivity contribution in [3.8, 4) is 0 Å². The van der Waals surface area contributed by atoms with Crippen LogP contribution in [0.3, 0.4) is 0 Å². The van der Waals surface area contributed by atoms with E-state index in [2.05, 4.69) is 20.7 Å². The third-order valence-electron chi connectivity index (χ3n) is 1.77. The van der Waals surface area contributed by atoms with Gasteiger partial charge in [0.15, 0.2) is 0 Å². The van der Waals surface area contributed by atoms with Crippen molar-refractivity contribution in [3.63, 3.8) is 0 Å². The number of hydrogen-bond donors (Lipinski definition) is 4. The van der Waals surface area contributed by atoms with Gasteiger partial charge in [0.05, 0.1) is 19.8 Å². The maximum absolute atomic E-state index is 8.50. The molecule has 0 radical (unpaired) electrons. The smallest absolute Gasteiger partial charge is 0.239 e. The number of nitrogens with zero attached hydrogens (tertiary/aromatic N) is 2. The SMILES string of the molecule is Cc1cc(NCCOCCO)nc(NN)n1. The van der Waals surface area contributed by atoms with E-state index in [4.69, 9.17) is 15.7 Å². The van der Waals surface area contributed by atoms with Crippen LogP contribution in [-0.2, 0) is 4.74 Å². The summed E-state index contributed by atoms with van der Waals surface area (Å²) in [6.45, 7) is 3.36. The van der Waals surface area contributed by atoms with E-state index >= 15 is 0 Å². The summed E-state index contributed by atoms with van der Waals surface area (Å²) in [5.74, 6) is 6.29. The third kappa shape index (κ3) is 4.39. The van der Waals surface area contributed by atoms with E-state index < -0.39 is 0 Å². The summed E-state index contributed by atoms with van der Waals surface area (Å²) in [7, 11) is 0. The zero-order valence-corrected chi connectivity index (χ0v) is 9.23. The van der Waals surface area contributed by atoms with Crippen LogP contribution in [0.5, 0.6) is 0 Å². The molecule has 0 aliphatic heterocycles. The first-order chi connectivity index (χ1) is 7.76. The van der Waals surface area contributed by atoms with Gasteiger partial charge in [-0.3, -0.25) is 5.43 Å². The number of hydrazine groups is 1. The Bertz CT molecular complexity index is 321. The van der Waals surface area contributed by atoms with Gasteiger partial charge in [-0.1, -0.05) is 0 Å². The van der Waals surface area contributed by atoms with Crippen molar-refractivity contribution < 1.29 is 9.84 Å². The maximum atomic E-state index is 8.50. The molecular formula is C9H17N5O2. The van der Waals surface area contributed by atoms with Crippen LogP contribution in [0.2, 0.25) is 0 Å². The minimum atomic E-state index is 0.0356. The zero-order chi connectivity index (χ0) is 11.8. The van der Waals surface area contributed by atoms with Gasteiger partial charge in [0.25, 0.3) is 0 Å². The van der Waals surface area contributed by atoms with Crippen LogP contribution < -0.4 is 16.6 Å². The Morgan fingerprint density at radius 3 is 2.94 bits per heavy atom. The van der Waals surface area contributed by atoms with E-state index in [0.717, 1.165) is 5.69 Å². The Morgan fingerprint density at radius 2 is 2.25 bits per heavy atom. The minimum absolute atomic E-state index is 0.0356. The van der Waals surface area contributed by atoms with Crippen LogP contribution in [0, 0.1) is 6.92 Å². The summed E-state index contributed by atoms with van der Waals surface area (Å²) in [6.07, 6.45) is 0. The van der Waals surface area contributed by atoms with E-state index in [1.165, 1.54) is 0 Å². The molecule has 7 nitrogen and oxygen atoms in total. The van der Waals surface area contributed by atoms with Crippen LogP contribution in [0.1, 0.15) is 5.69 Å². The van der Waals surface area contributed by atoms with Crippen molar-refractivity contribution in [2.45, 2.75) is 6.92 Å². The predicted octanol–water partition coefficient (Wildman–Crippen LogP) is -0.509. The van der Waals surface area contributed by atoms with E-state index in [1.54, 1.807) is 0 Å². The summed E-state index contributed by atoms with van der Waals surface area (Å²) in [5, 5.41) is 11.6. The number of aliphatic hydroxyl groups is 1. The number of nitrogens with two attached hydrogens (primary N) is 1. The molecule has 16 heavy (non-hydrogen) atoms. The molecule has 1 rings (SSSR count). The highest BCUT2D eigenvalue weighted by Crippen LogP contribution is 2.07. The van der Waals surface area contributed by atoms with Crippen LogP contribution >= 0.6 is 0 Å². The highest BCUT2D eigenvalue weighted by Gasteiger charge is 1.99.